The van der Waals surface area contributed by atoms with Crippen molar-refractivity contribution >= 4 is 35.0 Å². The van der Waals surface area contributed by atoms with Crippen LogP contribution in [-0.2, 0) is 11.3 Å². The van der Waals surface area contributed by atoms with Crippen molar-refractivity contribution in [1.82, 2.24) is 14.8 Å². The molecule has 1 N–H and O–H groups in total. The second kappa shape index (κ2) is 8.25. The fourth-order valence-corrected chi connectivity index (χ4v) is 3.33. The maximum Gasteiger partial charge on any atom is 0.237 e. The number of nitrogens with one attached hydrogen (secondary N) is 1. The van der Waals surface area contributed by atoms with Gasteiger partial charge in [-0.05, 0) is 37.3 Å². The lowest BCUT2D eigenvalue weighted by molar-refractivity contribution is -0.115. The summed E-state index contributed by atoms with van der Waals surface area (Å²) in [6, 6.07) is 10.6. The Hall–Kier alpha value is -2.51. The number of thioether (sulfide) groups is 1. The molecule has 134 valence electrons. The molecule has 6 nitrogen and oxygen atoms in total. The molecule has 0 saturated heterocycles. The van der Waals surface area contributed by atoms with Gasteiger partial charge in [-0.3, -0.25) is 9.36 Å². The van der Waals surface area contributed by atoms with Crippen molar-refractivity contribution in [2.45, 2.75) is 23.9 Å². The van der Waals surface area contributed by atoms with E-state index in [0.717, 1.165) is 0 Å². The molecule has 0 aliphatic rings. The molecule has 1 unspecified atom stereocenters. The van der Waals surface area contributed by atoms with Crippen molar-refractivity contribution < 1.29 is 9.21 Å². The van der Waals surface area contributed by atoms with E-state index in [4.69, 9.17) is 16.0 Å². The number of hydrogen-bond acceptors (Lipinski definition) is 5. The third-order valence-corrected chi connectivity index (χ3v) is 4.83. The molecule has 0 fully saturated rings. The maximum atomic E-state index is 12.5. The van der Waals surface area contributed by atoms with Crippen molar-refractivity contribution in [2.24, 2.45) is 0 Å². The Labute approximate surface area is 160 Å². The van der Waals surface area contributed by atoms with Crippen molar-refractivity contribution in [1.29, 1.82) is 0 Å². The number of allylic oxidation sites excluding steroid dienone is 1. The Morgan fingerprint density at radius 2 is 2.27 bits per heavy atom. The normalized spacial score (nSPS) is 11.9. The van der Waals surface area contributed by atoms with E-state index >= 15 is 0 Å². The molecule has 1 amide bonds. The molecule has 2 aromatic heterocycles. The zero-order valence-electron chi connectivity index (χ0n) is 14.1. The topological polar surface area (TPSA) is 73.0 Å². The second-order valence-corrected chi connectivity index (χ2v) is 7.19. The Kier molecular flexibility index (Phi) is 5.80. The number of carbonyl (C=O) groups excluding carboxylic acids is 1. The molecule has 8 heteroatoms. The highest BCUT2D eigenvalue weighted by molar-refractivity contribution is 8.00. The lowest BCUT2D eigenvalue weighted by Crippen LogP contribution is -2.23. The molecule has 0 aliphatic carbocycles. The largest absolute Gasteiger partial charge is 0.461 e. The highest BCUT2D eigenvalue weighted by atomic mass is 35.5. The van der Waals surface area contributed by atoms with Crippen LogP contribution in [0, 0.1) is 0 Å². The highest BCUT2D eigenvalue weighted by Crippen LogP contribution is 2.28. The molecule has 1 aromatic carbocycles. The summed E-state index contributed by atoms with van der Waals surface area (Å²) in [6.07, 6.45) is 3.33. The number of nitrogens with zero attached hydrogens (tertiary/aromatic N) is 3. The van der Waals surface area contributed by atoms with Crippen LogP contribution in [0.1, 0.15) is 6.92 Å². The summed E-state index contributed by atoms with van der Waals surface area (Å²) < 4.78 is 7.26. The zero-order valence-corrected chi connectivity index (χ0v) is 15.6. The van der Waals surface area contributed by atoms with Crippen LogP contribution in [0.25, 0.3) is 11.6 Å². The third-order valence-electron chi connectivity index (χ3n) is 3.51. The molecule has 0 radical (unpaired) electrons. The zero-order chi connectivity index (χ0) is 18.5. The average molecular weight is 389 g/mol. The fourth-order valence-electron chi connectivity index (χ4n) is 2.28. The molecular weight excluding hydrogens is 372 g/mol. The minimum absolute atomic E-state index is 0.148. The molecule has 1 atom stereocenters. The second-order valence-electron chi connectivity index (χ2n) is 5.44. The van der Waals surface area contributed by atoms with Gasteiger partial charge in [0.2, 0.25) is 11.7 Å². The Morgan fingerprint density at radius 1 is 1.42 bits per heavy atom. The first-order valence-electron chi connectivity index (χ1n) is 7.89. The number of anilines is 1. The average Bonchev–Trinajstić information content (AvgIpc) is 3.25. The summed E-state index contributed by atoms with van der Waals surface area (Å²) in [5.74, 6) is 1.06. The van der Waals surface area contributed by atoms with Crippen molar-refractivity contribution in [3.8, 4) is 11.6 Å². The number of carbonyl (C=O) groups is 1. The van der Waals surface area contributed by atoms with Gasteiger partial charge in [0.25, 0.3) is 0 Å². The van der Waals surface area contributed by atoms with Crippen LogP contribution in [0.15, 0.2) is 64.9 Å². The SMILES string of the molecule is C=CCn1c(SC(C)C(=O)Nc2cccc(Cl)c2)nnc1-c1ccco1. The number of aromatic nitrogens is 3. The summed E-state index contributed by atoms with van der Waals surface area (Å²) >= 11 is 7.26. The number of benzene rings is 1. The van der Waals surface area contributed by atoms with Crippen molar-refractivity contribution in [3.63, 3.8) is 0 Å². The molecule has 0 aliphatic heterocycles. The molecule has 2 heterocycles. The predicted octanol–water partition coefficient (Wildman–Crippen LogP) is 4.50. The summed E-state index contributed by atoms with van der Waals surface area (Å²) in [4.78, 5) is 12.5. The third kappa shape index (κ3) is 4.17. The molecule has 0 bridgehead atoms. The van der Waals surface area contributed by atoms with Crippen molar-refractivity contribution in [3.05, 3.63) is 60.3 Å². The lowest BCUT2D eigenvalue weighted by atomic mass is 10.3. The van der Waals surface area contributed by atoms with E-state index in [1.165, 1.54) is 11.8 Å². The Bertz CT molecular complexity index is 908. The smallest absolute Gasteiger partial charge is 0.237 e. The molecular formula is C18H17ClN4O2S. The molecule has 0 saturated carbocycles. The summed E-state index contributed by atoms with van der Waals surface area (Å²) in [7, 11) is 0. The number of hydrogen-bond donors (Lipinski definition) is 1. The van der Waals surface area contributed by atoms with Crippen LogP contribution in [0.2, 0.25) is 5.02 Å². The Morgan fingerprint density at radius 3 is 2.96 bits per heavy atom. The molecule has 3 rings (SSSR count). The van der Waals surface area contributed by atoms with E-state index in [2.05, 4.69) is 22.1 Å². The van der Waals surface area contributed by atoms with Crippen LogP contribution in [0.4, 0.5) is 5.69 Å². The minimum Gasteiger partial charge on any atom is -0.461 e. The standard InChI is InChI=1S/C18H17ClN4O2S/c1-3-9-23-16(15-8-5-10-25-15)21-22-18(23)26-12(2)17(24)20-14-7-4-6-13(19)11-14/h3-8,10-12H,1,9H2,2H3,(H,20,24). The monoisotopic (exact) mass is 388 g/mol. The molecule has 3 aromatic rings. The number of amides is 1. The van der Waals surface area contributed by atoms with Crippen molar-refractivity contribution in [2.75, 3.05) is 5.32 Å². The van der Waals surface area contributed by atoms with Gasteiger partial charge in [-0.25, -0.2) is 0 Å². The van der Waals surface area contributed by atoms with E-state index in [1.807, 2.05) is 17.6 Å². The maximum absolute atomic E-state index is 12.5. The van der Waals surface area contributed by atoms with Crippen LogP contribution in [-0.4, -0.2) is 25.9 Å². The highest BCUT2D eigenvalue weighted by Gasteiger charge is 2.21. The fraction of sp³-hybridized carbons (Fsp3) is 0.167. The van der Waals surface area contributed by atoms with Gasteiger partial charge in [0, 0.05) is 17.3 Å². The first kappa shape index (κ1) is 18.3. The van der Waals surface area contributed by atoms with Gasteiger partial charge in [-0.1, -0.05) is 35.5 Å². The number of halogens is 1. The minimum atomic E-state index is -0.383. The first-order valence-corrected chi connectivity index (χ1v) is 9.15. The van der Waals surface area contributed by atoms with Crippen LogP contribution in [0.3, 0.4) is 0 Å². The molecule has 0 spiro atoms. The quantitative estimate of drug-likeness (QED) is 0.476. The van der Waals surface area contributed by atoms with Gasteiger partial charge in [0.05, 0.1) is 11.5 Å². The first-order chi connectivity index (χ1) is 12.6. The summed E-state index contributed by atoms with van der Waals surface area (Å²) in [5, 5.41) is 12.0. The summed E-state index contributed by atoms with van der Waals surface area (Å²) in [6.45, 7) is 6.09. The van der Waals surface area contributed by atoms with E-state index < -0.39 is 0 Å². The van der Waals surface area contributed by atoms with E-state index in [-0.39, 0.29) is 11.2 Å². The van der Waals surface area contributed by atoms with Gasteiger partial charge < -0.3 is 9.73 Å². The van der Waals surface area contributed by atoms with E-state index in [0.29, 0.717) is 34.0 Å². The van der Waals surface area contributed by atoms with Gasteiger partial charge in [-0.2, -0.15) is 0 Å². The van der Waals surface area contributed by atoms with Gasteiger partial charge in [0.15, 0.2) is 10.9 Å². The van der Waals surface area contributed by atoms with E-state index in [1.54, 1.807) is 42.7 Å². The Balaban J connectivity index is 1.75. The lowest BCUT2D eigenvalue weighted by Gasteiger charge is -2.12. The van der Waals surface area contributed by atoms with Crippen LogP contribution >= 0.6 is 23.4 Å². The van der Waals surface area contributed by atoms with Gasteiger partial charge in [-0.15, -0.1) is 16.8 Å². The molecule has 26 heavy (non-hydrogen) atoms. The van der Waals surface area contributed by atoms with Crippen LogP contribution < -0.4 is 5.32 Å². The van der Waals surface area contributed by atoms with Gasteiger partial charge in [0.1, 0.15) is 0 Å². The predicted molar refractivity (Wildman–Crippen MR) is 103 cm³/mol. The summed E-state index contributed by atoms with van der Waals surface area (Å²) in [5.41, 5.74) is 0.652. The number of furan rings is 1. The van der Waals surface area contributed by atoms with Gasteiger partial charge >= 0.3 is 0 Å². The van der Waals surface area contributed by atoms with Crippen LogP contribution in [0.5, 0.6) is 0 Å². The number of rotatable bonds is 7. The van der Waals surface area contributed by atoms with E-state index in [9.17, 15) is 4.79 Å².